The van der Waals surface area contributed by atoms with Crippen LogP contribution >= 0.6 is 0 Å². The Balaban J connectivity index is 1.84. The summed E-state index contributed by atoms with van der Waals surface area (Å²) in [6.45, 7) is 1.72. The van der Waals surface area contributed by atoms with E-state index in [0.717, 1.165) is 5.69 Å². The number of para-hydroxylation sites is 1. The standard InChI is InChI=1S/C15H18N4O3S/c1-11-14(17-19(16-11)12-6-4-3-5-7-12)15(20)18(2)13-8-9-23(21,22)10-13/h3-7,13H,8-10H2,1-2H3/t13-/m1/s1. The zero-order valence-corrected chi connectivity index (χ0v) is 13.8. The molecule has 1 fully saturated rings. The summed E-state index contributed by atoms with van der Waals surface area (Å²) in [5.41, 5.74) is 1.54. The van der Waals surface area contributed by atoms with Crippen LogP contribution in [0.5, 0.6) is 0 Å². The maximum Gasteiger partial charge on any atom is 0.276 e. The molecule has 122 valence electrons. The highest BCUT2D eigenvalue weighted by Gasteiger charge is 2.34. The number of nitrogens with zero attached hydrogens (tertiary/aromatic N) is 4. The highest BCUT2D eigenvalue weighted by Crippen LogP contribution is 2.19. The van der Waals surface area contributed by atoms with Crippen LogP contribution in [0.4, 0.5) is 0 Å². The van der Waals surface area contributed by atoms with Gasteiger partial charge in [0.25, 0.3) is 5.91 Å². The predicted octanol–water partition coefficient (Wildman–Crippen LogP) is 0.835. The Hall–Kier alpha value is -2.22. The number of amides is 1. The van der Waals surface area contributed by atoms with Crippen molar-refractivity contribution in [1.29, 1.82) is 0 Å². The van der Waals surface area contributed by atoms with Crippen molar-refractivity contribution >= 4 is 15.7 Å². The van der Waals surface area contributed by atoms with Gasteiger partial charge in [-0.1, -0.05) is 18.2 Å². The van der Waals surface area contributed by atoms with Crippen molar-refractivity contribution in [3.8, 4) is 5.69 Å². The molecule has 1 aliphatic rings. The minimum absolute atomic E-state index is 0.0150. The molecular weight excluding hydrogens is 316 g/mol. The van der Waals surface area contributed by atoms with Gasteiger partial charge in [-0.05, 0) is 25.5 Å². The van der Waals surface area contributed by atoms with E-state index in [4.69, 9.17) is 0 Å². The fourth-order valence-electron chi connectivity index (χ4n) is 2.67. The maximum absolute atomic E-state index is 12.6. The van der Waals surface area contributed by atoms with Gasteiger partial charge in [0.15, 0.2) is 15.5 Å². The first kappa shape index (κ1) is 15.7. The molecule has 0 bridgehead atoms. The topological polar surface area (TPSA) is 85.2 Å². The molecule has 1 aliphatic heterocycles. The normalized spacial score (nSPS) is 19.7. The molecule has 0 spiro atoms. The van der Waals surface area contributed by atoms with E-state index in [1.807, 2.05) is 30.3 Å². The van der Waals surface area contributed by atoms with Crippen LogP contribution in [0.3, 0.4) is 0 Å². The molecule has 1 amide bonds. The van der Waals surface area contributed by atoms with Crippen LogP contribution in [0, 0.1) is 6.92 Å². The van der Waals surface area contributed by atoms with Gasteiger partial charge < -0.3 is 4.90 Å². The van der Waals surface area contributed by atoms with E-state index in [1.54, 1.807) is 14.0 Å². The van der Waals surface area contributed by atoms with E-state index in [2.05, 4.69) is 10.2 Å². The average Bonchev–Trinajstić information content (AvgIpc) is 3.09. The molecule has 7 nitrogen and oxygen atoms in total. The van der Waals surface area contributed by atoms with Crippen LogP contribution in [-0.2, 0) is 9.84 Å². The van der Waals surface area contributed by atoms with Crippen molar-refractivity contribution in [3.05, 3.63) is 41.7 Å². The molecule has 1 atom stereocenters. The minimum Gasteiger partial charge on any atom is -0.336 e. The van der Waals surface area contributed by atoms with Gasteiger partial charge in [-0.3, -0.25) is 4.79 Å². The highest BCUT2D eigenvalue weighted by atomic mass is 32.2. The van der Waals surface area contributed by atoms with E-state index < -0.39 is 9.84 Å². The number of hydrogen-bond acceptors (Lipinski definition) is 5. The van der Waals surface area contributed by atoms with Crippen molar-refractivity contribution < 1.29 is 13.2 Å². The molecule has 8 heteroatoms. The van der Waals surface area contributed by atoms with Gasteiger partial charge in [0.2, 0.25) is 0 Å². The second-order valence-electron chi connectivity index (χ2n) is 5.73. The second kappa shape index (κ2) is 5.77. The lowest BCUT2D eigenvalue weighted by molar-refractivity contribution is 0.0740. The van der Waals surface area contributed by atoms with E-state index >= 15 is 0 Å². The average molecular weight is 334 g/mol. The molecule has 1 aromatic heterocycles. The Morgan fingerprint density at radius 3 is 2.57 bits per heavy atom. The molecule has 2 aromatic rings. The number of carbonyl (C=O) groups excluding carboxylic acids is 1. The molecule has 1 saturated heterocycles. The number of benzene rings is 1. The Labute approximate surface area is 134 Å². The van der Waals surface area contributed by atoms with E-state index in [-0.39, 0.29) is 29.1 Å². The Morgan fingerprint density at radius 2 is 1.96 bits per heavy atom. The van der Waals surface area contributed by atoms with Gasteiger partial charge in [0, 0.05) is 13.1 Å². The van der Waals surface area contributed by atoms with E-state index in [1.165, 1.54) is 9.70 Å². The van der Waals surface area contributed by atoms with Crippen LogP contribution in [0.2, 0.25) is 0 Å². The molecule has 3 rings (SSSR count). The van der Waals surface area contributed by atoms with Crippen molar-refractivity contribution in [3.63, 3.8) is 0 Å². The van der Waals surface area contributed by atoms with Crippen LogP contribution in [-0.4, -0.2) is 58.8 Å². The third-order valence-electron chi connectivity index (χ3n) is 4.05. The first-order valence-electron chi connectivity index (χ1n) is 7.34. The predicted molar refractivity (Wildman–Crippen MR) is 85.2 cm³/mol. The third-order valence-corrected chi connectivity index (χ3v) is 5.80. The van der Waals surface area contributed by atoms with Gasteiger partial charge in [-0.2, -0.15) is 9.90 Å². The number of sulfone groups is 1. The number of rotatable bonds is 3. The highest BCUT2D eigenvalue weighted by molar-refractivity contribution is 7.91. The van der Waals surface area contributed by atoms with Crippen LogP contribution in [0.25, 0.3) is 5.69 Å². The molecule has 0 N–H and O–H groups in total. The molecule has 0 aliphatic carbocycles. The number of carbonyl (C=O) groups is 1. The van der Waals surface area contributed by atoms with Crippen LogP contribution in [0.1, 0.15) is 22.6 Å². The molecular formula is C15H18N4O3S. The van der Waals surface area contributed by atoms with Gasteiger partial charge in [-0.25, -0.2) is 8.42 Å². The quantitative estimate of drug-likeness (QED) is 0.830. The summed E-state index contributed by atoms with van der Waals surface area (Å²) >= 11 is 0. The van der Waals surface area contributed by atoms with Gasteiger partial charge in [-0.15, -0.1) is 5.10 Å². The van der Waals surface area contributed by atoms with E-state index in [0.29, 0.717) is 12.1 Å². The summed E-state index contributed by atoms with van der Waals surface area (Å²) in [4.78, 5) is 15.5. The fourth-order valence-corrected chi connectivity index (χ4v) is 4.44. The van der Waals surface area contributed by atoms with Crippen molar-refractivity contribution in [2.75, 3.05) is 18.6 Å². The lowest BCUT2D eigenvalue weighted by Gasteiger charge is -2.22. The Kier molecular flexibility index (Phi) is 3.93. The lowest BCUT2D eigenvalue weighted by atomic mass is 10.2. The maximum atomic E-state index is 12.6. The van der Waals surface area contributed by atoms with Gasteiger partial charge in [0.05, 0.1) is 22.9 Å². The summed E-state index contributed by atoms with van der Waals surface area (Å²) in [6, 6.07) is 9.02. The molecule has 23 heavy (non-hydrogen) atoms. The largest absolute Gasteiger partial charge is 0.336 e. The van der Waals surface area contributed by atoms with Crippen molar-refractivity contribution in [2.45, 2.75) is 19.4 Å². The van der Waals surface area contributed by atoms with Crippen LogP contribution in [0.15, 0.2) is 30.3 Å². The minimum atomic E-state index is -3.04. The van der Waals surface area contributed by atoms with E-state index in [9.17, 15) is 13.2 Å². The second-order valence-corrected chi connectivity index (χ2v) is 7.96. The van der Waals surface area contributed by atoms with Gasteiger partial charge in [0.1, 0.15) is 0 Å². The zero-order chi connectivity index (χ0) is 16.6. The summed E-state index contributed by atoms with van der Waals surface area (Å²) in [5, 5.41) is 8.55. The summed E-state index contributed by atoms with van der Waals surface area (Å²) < 4.78 is 23.2. The molecule has 0 saturated carbocycles. The summed E-state index contributed by atoms with van der Waals surface area (Å²) in [7, 11) is -1.42. The number of hydrogen-bond donors (Lipinski definition) is 0. The molecule has 0 unspecified atom stereocenters. The molecule has 1 aromatic carbocycles. The molecule has 0 radical (unpaired) electrons. The summed E-state index contributed by atoms with van der Waals surface area (Å²) in [5.74, 6) is -0.154. The first-order chi connectivity index (χ1) is 10.9. The summed E-state index contributed by atoms with van der Waals surface area (Å²) in [6.07, 6.45) is 0.469. The lowest BCUT2D eigenvalue weighted by Crippen LogP contribution is -2.38. The van der Waals surface area contributed by atoms with Gasteiger partial charge >= 0.3 is 0 Å². The SMILES string of the molecule is Cc1nn(-c2ccccc2)nc1C(=O)N(C)[C@@H]1CCS(=O)(=O)C1. The monoisotopic (exact) mass is 334 g/mol. The fraction of sp³-hybridized carbons (Fsp3) is 0.400. The van der Waals surface area contributed by atoms with Crippen molar-refractivity contribution in [1.82, 2.24) is 19.9 Å². The number of aromatic nitrogens is 3. The Morgan fingerprint density at radius 1 is 1.26 bits per heavy atom. The van der Waals surface area contributed by atoms with Crippen molar-refractivity contribution in [2.24, 2.45) is 0 Å². The zero-order valence-electron chi connectivity index (χ0n) is 13.0. The smallest absolute Gasteiger partial charge is 0.276 e. The Bertz CT molecular complexity index is 830. The molecule has 2 heterocycles. The first-order valence-corrected chi connectivity index (χ1v) is 9.16. The third kappa shape index (κ3) is 3.12. The van der Waals surface area contributed by atoms with Crippen LogP contribution < -0.4 is 0 Å². The number of aryl methyl sites for hydroxylation is 1.